The van der Waals surface area contributed by atoms with Crippen LogP contribution in [0.3, 0.4) is 0 Å². The van der Waals surface area contributed by atoms with Gasteiger partial charge in [-0.05, 0) is 37.4 Å². The summed E-state index contributed by atoms with van der Waals surface area (Å²) in [5.74, 6) is 0.889. The van der Waals surface area contributed by atoms with E-state index in [9.17, 15) is 4.79 Å². The van der Waals surface area contributed by atoms with Crippen molar-refractivity contribution in [3.8, 4) is 0 Å². The summed E-state index contributed by atoms with van der Waals surface area (Å²) < 4.78 is 0. The van der Waals surface area contributed by atoms with E-state index in [2.05, 4.69) is 10.6 Å². The zero-order valence-electron chi connectivity index (χ0n) is 10.9. The number of rotatable bonds is 5. The minimum Gasteiger partial charge on any atom is -0.326 e. The molecular formula is C14H21ClN2O. The van der Waals surface area contributed by atoms with Crippen molar-refractivity contribution < 1.29 is 4.79 Å². The zero-order chi connectivity index (χ0) is 12.3. The summed E-state index contributed by atoms with van der Waals surface area (Å²) in [6.07, 6.45) is 2.40. The molecular weight excluding hydrogens is 248 g/mol. The van der Waals surface area contributed by atoms with Crippen molar-refractivity contribution in [2.75, 3.05) is 12.4 Å². The lowest BCUT2D eigenvalue weighted by atomic mass is 10.1. The molecule has 0 saturated heterocycles. The number of para-hydroxylation sites is 1. The minimum absolute atomic E-state index is 0. The topological polar surface area (TPSA) is 41.1 Å². The van der Waals surface area contributed by atoms with Gasteiger partial charge in [0.2, 0.25) is 5.91 Å². The molecule has 1 amide bonds. The number of amides is 1. The molecule has 0 heterocycles. The van der Waals surface area contributed by atoms with Crippen LogP contribution in [0.2, 0.25) is 0 Å². The lowest BCUT2D eigenvalue weighted by molar-refractivity contribution is -0.119. The number of hydrogen-bond acceptors (Lipinski definition) is 2. The van der Waals surface area contributed by atoms with E-state index in [1.165, 1.54) is 12.8 Å². The van der Waals surface area contributed by atoms with Crippen molar-refractivity contribution in [2.45, 2.75) is 26.3 Å². The average molecular weight is 269 g/mol. The van der Waals surface area contributed by atoms with Crippen LogP contribution in [0, 0.1) is 11.8 Å². The van der Waals surface area contributed by atoms with Crippen molar-refractivity contribution in [3.05, 3.63) is 29.8 Å². The molecule has 1 saturated carbocycles. The molecule has 1 aromatic carbocycles. The van der Waals surface area contributed by atoms with Crippen molar-refractivity contribution in [2.24, 2.45) is 11.8 Å². The van der Waals surface area contributed by atoms with Gasteiger partial charge in [-0.3, -0.25) is 4.79 Å². The van der Waals surface area contributed by atoms with E-state index < -0.39 is 0 Å². The van der Waals surface area contributed by atoms with Gasteiger partial charge in [-0.25, -0.2) is 0 Å². The Bertz CT molecular complexity index is 405. The average Bonchev–Trinajstić information content (AvgIpc) is 3.15. The highest BCUT2D eigenvalue weighted by molar-refractivity contribution is 5.93. The fourth-order valence-electron chi connectivity index (χ4n) is 2.04. The standard InChI is InChI=1S/C14H20N2O.ClH/c1-10(11-7-8-11)14(17)16-13-6-4-3-5-12(13)9-15-2;/h3-6,10-11,15H,7-9H2,1-2H3,(H,16,17);1H. The van der Waals surface area contributed by atoms with Gasteiger partial charge < -0.3 is 10.6 Å². The van der Waals surface area contributed by atoms with E-state index in [-0.39, 0.29) is 24.2 Å². The van der Waals surface area contributed by atoms with Gasteiger partial charge in [0.15, 0.2) is 0 Å². The predicted octanol–water partition coefficient (Wildman–Crippen LogP) is 2.81. The van der Waals surface area contributed by atoms with Crippen molar-refractivity contribution in [1.82, 2.24) is 5.32 Å². The van der Waals surface area contributed by atoms with Crippen LogP contribution in [0.1, 0.15) is 25.3 Å². The summed E-state index contributed by atoms with van der Waals surface area (Å²) in [5, 5.41) is 6.15. The second-order valence-corrected chi connectivity index (χ2v) is 4.80. The lowest BCUT2D eigenvalue weighted by Gasteiger charge is -2.14. The van der Waals surface area contributed by atoms with Crippen LogP contribution < -0.4 is 10.6 Å². The first kappa shape index (κ1) is 15.0. The van der Waals surface area contributed by atoms with Crippen LogP contribution in [-0.4, -0.2) is 13.0 Å². The number of anilines is 1. The molecule has 0 radical (unpaired) electrons. The Morgan fingerprint density at radius 3 is 2.67 bits per heavy atom. The minimum atomic E-state index is 0. The van der Waals surface area contributed by atoms with Crippen LogP contribution >= 0.6 is 12.4 Å². The Morgan fingerprint density at radius 2 is 2.06 bits per heavy atom. The van der Waals surface area contributed by atoms with Gasteiger partial charge in [-0.15, -0.1) is 12.4 Å². The van der Waals surface area contributed by atoms with E-state index in [4.69, 9.17) is 0 Å². The number of benzene rings is 1. The molecule has 0 aromatic heterocycles. The van der Waals surface area contributed by atoms with E-state index in [1.54, 1.807) is 0 Å². The Labute approximate surface area is 115 Å². The first-order chi connectivity index (χ1) is 8.22. The third-order valence-electron chi connectivity index (χ3n) is 3.39. The molecule has 2 N–H and O–H groups in total. The SMILES string of the molecule is CNCc1ccccc1NC(=O)C(C)C1CC1.Cl. The summed E-state index contributed by atoms with van der Waals surface area (Å²) in [7, 11) is 1.91. The molecule has 0 bridgehead atoms. The highest BCUT2D eigenvalue weighted by atomic mass is 35.5. The van der Waals surface area contributed by atoms with Crippen molar-refractivity contribution in [1.29, 1.82) is 0 Å². The Hall–Kier alpha value is -1.06. The summed E-state index contributed by atoms with van der Waals surface area (Å²) in [5.41, 5.74) is 2.06. The predicted molar refractivity (Wildman–Crippen MR) is 77.0 cm³/mol. The molecule has 1 aliphatic rings. The second kappa shape index (κ2) is 6.76. The molecule has 2 rings (SSSR count). The quantitative estimate of drug-likeness (QED) is 0.862. The van der Waals surface area contributed by atoms with Gasteiger partial charge in [-0.2, -0.15) is 0 Å². The molecule has 18 heavy (non-hydrogen) atoms. The van der Waals surface area contributed by atoms with Crippen LogP contribution in [0.25, 0.3) is 0 Å². The third kappa shape index (κ3) is 3.72. The second-order valence-electron chi connectivity index (χ2n) is 4.80. The van der Waals surface area contributed by atoms with Gasteiger partial charge >= 0.3 is 0 Å². The largest absolute Gasteiger partial charge is 0.326 e. The van der Waals surface area contributed by atoms with Crippen LogP contribution in [-0.2, 0) is 11.3 Å². The van der Waals surface area contributed by atoms with Crippen LogP contribution in [0.15, 0.2) is 24.3 Å². The molecule has 0 spiro atoms. The maximum atomic E-state index is 12.0. The van der Waals surface area contributed by atoms with Gasteiger partial charge in [0.25, 0.3) is 0 Å². The van der Waals surface area contributed by atoms with E-state index in [0.29, 0.717) is 5.92 Å². The smallest absolute Gasteiger partial charge is 0.227 e. The first-order valence-corrected chi connectivity index (χ1v) is 6.25. The zero-order valence-corrected chi connectivity index (χ0v) is 11.7. The molecule has 1 aliphatic carbocycles. The summed E-state index contributed by atoms with van der Waals surface area (Å²) in [6, 6.07) is 7.95. The van der Waals surface area contributed by atoms with Crippen LogP contribution in [0.4, 0.5) is 5.69 Å². The first-order valence-electron chi connectivity index (χ1n) is 6.25. The maximum Gasteiger partial charge on any atom is 0.227 e. The molecule has 1 unspecified atom stereocenters. The van der Waals surface area contributed by atoms with Gasteiger partial charge in [0, 0.05) is 18.2 Å². The molecule has 1 atom stereocenters. The van der Waals surface area contributed by atoms with Crippen molar-refractivity contribution >= 4 is 24.0 Å². The highest BCUT2D eigenvalue weighted by Gasteiger charge is 2.32. The molecule has 3 nitrogen and oxygen atoms in total. The Morgan fingerprint density at radius 1 is 1.39 bits per heavy atom. The molecule has 0 aliphatic heterocycles. The number of nitrogens with one attached hydrogen (secondary N) is 2. The molecule has 100 valence electrons. The molecule has 4 heteroatoms. The van der Waals surface area contributed by atoms with Gasteiger partial charge in [-0.1, -0.05) is 25.1 Å². The normalized spacial score (nSPS) is 15.7. The molecule has 1 fully saturated rings. The molecule has 1 aromatic rings. The maximum absolute atomic E-state index is 12.0. The number of halogens is 1. The Kier molecular flexibility index (Phi) is 5.63. The number of carbonyl (C=O) groups is 1. The van der Waals surface area contributed by atoms with E-state index >= 15 is 0 Å². The fourth-order valence-corrected chi connectivity index (χ4v) is 2.04. The van der Waals surface area contributed by atoms with Gasteiger partial charge in [0.05, 0.1) is 0 Å². The van der Waals surface area contributed by atoms with E-state index in [0.717, 1.165) is 17.8 Å². The summed E-state index contributed by atoms with van der Waals surface area (Å²) in [6.45, 7) is 2.79. The monoisotopic (exact) mass is 268 g/mol. The highest BCUT2D eigenvalue weighted by Crippen LogP contribution is 2.37. The van der Waals surface area contributed by atoms with Crippen LogP contribution in [0.5, 0.6) is 0 Å². The summed E-state index contributed by atoms with van der Waals surface area (Å²) in [4.78, 5) is 12.0. The van der Waals surface area contributed by atoms with Gasteiger partial charge in [0.1, 0.15) is 0 Å². The fraction of sp³-hybridized carbons (Fsp3) is 0.500. The summed E-state index contributed by atoms with van der Waals surface area (Å²) >= 11 is 0. The Balaban J connectivity index is 0.00000162. The van der Waals surface area contributed by atoms with Crippen molar-refractivity contribution in [3.63, 3.8) is 0 Å². The number of hydrogen-bond donors (Lipinski definition) is 2. The lowest BCUT2D eigenvalue weighted by Crippen LogP contribution is -2.23. The third-order valence-corrected chi connectivity index (χ3v) is 3.39. The number of carbonyl (C=O) groups excluding carboxylic acids is 1. The van der Waals surface area contributed by atoms with E-state index in [1.807, 2.05) is 38.2 Å².